The zero-order valence-corrected chi connectivity index (χ0v) is 18.0. The van der Waals surface area contributed by atoms with Gasteiger partial charge in [0.05, 0.1) is 12.2 Å². The molecule has 1 aliphatic rings. The Morgan fingerprint density at radius 3 is 2.72 bits per heavy atom. The fourth-order valence-corrected chi connectivity index (χ4v) is 2.61. The van der Waals surface area contributed by atoms with Crippen LogP contribution in [-0.2, 0) is 50.5 Å². The summed E-state index contributed by atoms with van der Waals surface area (Å²) >= 11 is 5.90. The molecule has 0 aliphatic carbocycles. The number of aromatic nitrogens is 2. The molecule has 0 aromatic carbocycles. The Kier molecular flexibility index (Phi) is 11.9. The molecule has 0 saturated carbocycles. The van der Waals surface area contributed by atoms with Gasteiger partial charge in [-0.1, -0.05) is 6.08 Å². The summed E-state index contributed by atoms with van der Waals surface area (Å²) in [5.74, 6) is 0.529. The van der Waals surface area contributed by atoms with Crippen LogP contribution in [0.1, 0.15) is 17.7 Å². The standard InChI is InChI=1S/C15H18ClN5O.CH4O.Y/c1-3-4-10(5-7-17)14(22)21-8-6-12-11(9-21)13(18-2)20-15(16)19-12;1-2;/h4-5,7,17H,1,3,6,8-9H2,2H3,(H,18,19,20);2H,1H3;/q-2;;/b7-5-,10-4-;;. The first-order chi connectivity index (χ1) is 11.6. The number of hydrogen-bond acceptors (Lipinski definition) is 5. The van der Waals surface area contributed by atoms with Gasteiger partial charge < -0.3 is 28.0 Å². The van der Waals surface area contributed by atoms with E-state index in [0.717, 1.165) is 24.6 Å². The SMILES string of the molecule is CO.[CH2-]C/C=C(/C=C\[NH-])C(=O)N1CCc2nc(Cl)nc(NC)c2C1.[Y]. The van der Waals surface area contributed by atoms with Crippen LogP contribution in [0.15, 0.2) is 23.9 Å². The second-order valence-electron chi connectivity index (χ2n) is 4.77. The zero-order chi connectivity index (χ0) is 18.1. The smallest absolute Gasteiger partial charge is 0.253 e. The van der Waals surface area contributed by atoms with Crippen molar-refractivity contribution in [1.82, 2.24) is 14.9 Å². The largest absolute Gasteiger partial charge is 0.705 e. The molecule has 0 bridgehead atoms. The van der Waals surface area contributed by atoms with Gasteiger partial charge in [-0.3, -0.25) is 4.79 Å². The van der Waals surface area contributed by atoms with E-state index in [1.807, 2.05) is 0 Å². The van der Waals surface area contributed by atoms with Gasteiger partial charge in [-0.2, -0.15) is 12.6 Å². The van der Waals surface area contributed by atoms with E-state index in [0.29, 0.717) is 37.3 Å². The third-order valence-corrected chi connectivity index (χ3v) is 3.60. The number of hydrogen-bond donors (Lipinski definition) is 2. The van der Waals surface area contributed by atoms with Gasteiger partial charge in [0.15, 0.2) is 0 Å². The van der Waals surface area contributed by atoms with Crippen molar-refractivity contribution in [3.63, 3.8) is 0 Å². The normalized spacial score (nSPS) is 13.5. The molecule has 1 radical (unpaired) electrons. The van der Waals surface area contributed by atoms with Crippen molar-refractivity contribution in [1.29, 1.82) is 0 Å². The fraction of sp³-hybridized carbons (Fsp3) is 0.375. The third kappa shape index (κ3) is 6.33. The topological polar surface area (TPSA) is 102 Å². The molecule has 0 saturated heterocycles. The van der Waals surface area contributed by atoms with E-state index in [1.165, 1.54) is 6.08 Å². The van der Waals surface area contributed by atoms with Crippen LogP contribution in [0.4, 0.5) is 5.82 Å². The predicted molar refractivity (Wildman–Crippen MR) is 95.4 cm³/mol. The van der Waals surface area contributed by atoms with Crippen LogP contribution in [0.3, 0.4) is 0 Å². The van der Waals surface area contributed by atoms with Crippen molar-refractivity contribution in [2.75, 3.05) is 26.0 Å². The van der Waals surface area contributed by atoms with Gasteiger partial charge in [0.2, 0.25) is 5.28 Å². The maximum Gasteiger partial charge on any atom is 0.253 e. The van der Waals surface area contributed by atoms with Crippen LogP contribution in [0.25, 0.3) is 5.73 Å². The number of nitrogens with zero attached hydrogens (tertiary/aromatic N) is 3. The van der Waals surface area contributed by atoms with Crippen LogP contribution >= 0.6 is 11.6 Å². The van der Waals surface area contributed by atoms with E-state index in [4.69, 9.17) is 22.4 Å². The minimum Gasteiger partial charge on any atom is -0.705 e. The number of carbonyl (C=O) groups is 1. The second-order valence-corrected chi connectivity index (χ2v) is 5.11. The number of amides is 1. The van der Waals surface area contributed by atoms with Crippen LogP contribution in [-0.4, -0.2) is 46.6 Å². The predicted octanol–water partition coefficient (Wildman–Crippen LogP) is 2.38. The molecular formula is C16H22ClN5O2Y-2. The van der Waals surface area contributed by atoms with Gasteiger partial charge in [0.25, 0.3) is 5.91 Å². The number of allylic oxidation sites excluding steroid dienone is 1. The van der Waals surface area contributed by atoms with E-state index in [2.05, 4.69) is 22.2 Å². The van der Waals surface area contributed by atoms with E-state index in [-0.39, 0.29) is 43.9 Å². The number of carbonyl (C=O) groups excluding carboxylic acids is 1. The molecule has 1 amide bonds. The van der Waals surface area contributed by atoms with Crippen molar-refractivity contribution < 1.29 is 42.6 Å². The number of rotatable bonds is 4. The fourth-order valence-electron chi connectivity index (χ4n) is 2.42. The monoisotopic (exact) mass is 440 g/mol. The maximum atomic E-state index is 12.6. The molecule has 135 valence electrons. The number of halogens is 1. The molecular weight excluding hydrogens is 419 g/mol. The molecule has 1 aromatic rings. The average molecular weight is 441 g/mol. The van der Waals surface area contributed by atoms with E-state index in [1.54, 1.807) is 18.0 Å². The van der Waals surface area contributed by atoms with Gasteiger partial charge in [-0.15, -0.1) is 6.08 Å². The second kappa shape index (κ2) is 12.4. The molecule has 7 nitrogen and oxygen atoms in total. The number of aliphatic hydroxyl groups is 1. The molecule has 25 heavy (non-hydrogen) atoms. The molecule has 0 atom stereocenters. The average Bonchev–Trinajstić information content (AvgIpc) is 2.61. The molecule has 2 heterocycles. The van der Waals surface area contributed by atoms with Gasteiger partial charge in [0.1, 0.15) is 5.82 Å². The number of fused-ring (bicyclic) bond motifs is 1. The maximum absolute atomic E-state index is 12.6. The summed E-state index contributed by atoms with van der Waals surface area (Å²) in [5.41, 5.74) is 9.40. The molecule has 1 aliphatic heterocycles. The first kappa shape index (κ1) is 24.0. The van der Waals surface area contributed by atoms with Crippen molar-refractivity contribution in [3.8, 4) is 0 Å². The molecule has 2 rings (SSSR count). The summed E-state index contributed by atoms with van der Waals surface area (Å²) in [6.07, 6.45) is 5.44. The van der Waals surface area contributed by atoms with Gasteiger partial charge in [-0.25, -0.2) is 9.97 Å². The Morgan fingerprint density at radius 2 is 2.16 bits per heavy atom. The van der Waals surface area contributed by atoms with Crippen LogP contribution < -0.4 is 5.32 Å². The van der Waals surface area contributed by atoms with Gasteiger partial charge in [0, 0.05) is 71.0 Å². The summed E-state index contributed by atoms with van der Waals surface area (Å²) in [4.78, 5) is 22.7. The summed E-state index contributed by atoms with van der Waals surface area (Å²) in [5, 5.41) is 10.2. The van der Waals surface area contributed by atoms with E-state index in [9.17, 15) is 4.79 Å². The Hall–Kier alpha value is -1.02. The zero-order valence-electron chi connectivity index (χ0n) is 14.4. The van der Waals surface area contributed by atoms with Crippen LogP contribution in [0.5, 0.6) is 0 Å². The van der Waals surface area contributed by atoms with Crippen molar-refractivity contribution >= 4 is 23.3 Å². The Bertz CT molecular complexity index is 620. The minimum absolute atomic E-state index is 0. The molecule has 0 unspecified atom stereocenters. The van der Waals surface area contributed by atoms with E-state index < -0.39 is 0 Å². The van der Waals surface area contributed by atoms with Crippen molar-refractivity contribution in [2.45, 2.75) is 19.4 Å². The van der Waals surface area contributed by atoms with Gasteiger partial charge >= 0.3 is 0 Å². The van der Waals surface area contributed by atoms with Gasteiger partial charge in [-0.05, 0) is 11.6 Å². The molecule has 0 fully saturated rings. The summed E-state index contributed by atoms with van der Waals surface area (Å²) in [7, 11) is 2.76. The van der Waals surface area contributed by atoms with Crippen molar-refractivity contribution in [3.05, 3.63) is 53.1 Å². The quantitative estimate of drug-likeness (QED) is 0.324. The molecule has 3 N–H and O–H groups in total. The van der Waals surface area contributed by atoms with Crippen LogP contribution in [0.2, 0.25) is 5.28 Å². The number of aliphatic hydroxyl groups excluding tert-OH is 1. The Labute approximate surface area is 178 Å². The minimum atomic E-state index is -0.116. The Balaban J connectivity index is 0.00000185. The summed E-state index contributed by atoms with van der Waals surface area (Å²) in [6, 6.07) is 0. The third-order valence-electron chi connectivity index (χ3n) is 3.43. The Morgan fingerprint density at radius 1 is 1.48 bits per heavy atom. The number of nitrogens with one attached hydrogen (secondary N) is 2. The first-order valence-electron chi connectivity index (χ1n) is 7.41. The first-order valence-corrected chi connectivity index (χ1v) is 7.78. The summed E-state index contributed by atoms with van der Waals surface area (Å²) < 4.78 is 0. The van der Waals surface area contributed by atoms with E-state index >= 15 is 0 Å². The van der Waals surface area contributed by atoms with Crippen molar-refractivity contribution in [2.24, 2.45) is 0 Å². The summed E-state index contributed by atoms with van der Waals surface area (Å²) in [6.45, 7) is 4.70. The molecule has 0 spiro atoms. The number of anilines is 1. The molecule has 9 heteroatoms. The molecule has 1 aromatic heterocycles. The van der Waals surface area contributed by atoms with Crippen LogP contribution in [0, 0.1) is 6.92 Å².